The Labute approximate surface area is 158 Å². The number of carbonyl (C=O) groups is 1. The number of thiophene rings is 1. The molecule has 0 aliphatic carbocycles. The van der Waals surface area contributed by atoms with Gasteiger partial charge < -0.3 is 4.42 Å². The Hall–Kier alpha value is -2.39. The van der Waals surface area contributed by atoms with Crippen molar-refractivity contribution < 1.29 is 9.21 Å². The second kappa shape index (κ2) is 7.46. The Kier molecular flexibility index (Phi) is 4.89. The summed E-state index contributed by atoms with van der Waals surface area (Å²) in [6.45, 7) is 2.00. The maximum atomic E-state index is 12.8. The number of carbonyl (C=O) groups excluding carboxylic acids is 1. The predicted octanol–water partition coefficient (Wildman–Crippen LogP) is 3.49. The summed E-state index contributed by atoms with van der Waals surface area (Å²) < 4.78 is 5.54. The number of hydrazone groups is 1. The average Bonchev–Trinajstić information content (AvgIpc) is 3.45. The number of aromatic amines is 1. The van der Waals surface area contributed by atoms with E-state index in [1.54, 1.807) is 17.6 Å². The van der Waals surface area contributed by atoms with Crippen LogP contribution in [0.2, 0.25) is 0 Å². The largest absolute Gasteiger partial charge is 0.467 e. The lowest BCUT2D eigenvalue weighted by atomic mass is 10.1. The molecule has 0 fully saturated rings. The summed E-state index contributed by atoms with van der Waals surface area (Å²) >= 11 is 2.93. The summed E-state index contributed by atoms with van der Waals surface area (Å²) in [6.07, 6.45) is 3.05. The molecule has 0 radical (unpaired) electrons. The maximum Gasteiger partial charge on any atom is 0.253 e. The second-order valence-electron chi connectivity index (χ2n) is 5.70. The van der Waals surface area contributed by atoms with E-state index >= 15 is 0 Å². The van der Waals surface area contributed by atoms with Crippen LogP contribution >= 0.6 is 23.1 Å². The highest BCUT2D eigenvalue weighted by molar-refractivity contribution is 7.99. The van der Waals surface area contributed by atoms with Crippen molar-refractivity contribution in [2.45, 2.75) is 31.0 Å². The third-order valence-electron chi connectivity index (χ3n) is 4.01. The zero-order valence-electron chi connectivity index (χ0n) is 14.1. The van der Waals surface area contributed by atoms with E-state index in [1.165, 1.54) is 16.8 Å². The lowest BCUT2D eigenvalue weighted by molar-refractivity contribution is -0.130. The van der Waals surface area contributed by atoms with Crippen LogP contribution in [0.1, 0.15) is 35.8 Å². The maximum absolute atomic E-state index is 12.8. The number of aromatic nitrogens is 3. The van der Waals surface area contributed by atoms with Crippen molar-refractivity contribution in [3.05, 3.63) is 52.4 Å². The highest BCUT2D eigenvalue weighted by Crippen LogP contribution is 2.34. The van der Waals surface area contributed by atoms with Gasteiger partial charge in [0, 0.05) is 12.8 Å². The minimum Gasteiger partial charge on any atom is -0.467 e. The number of furan rings is 1. The third-order valence-corrected chi connectivity index (χ3v) is 5.76. The molecule has 0 bridgehead atoms. The number of hydrogen-bond donors (Lipinski definition) is 1. The van der Waals surface area contributed by atoms with Crippen molar-refractivity contribution >= 4 is 34.7 Å². The van der Waals surface area contributed by atoms with E-state index in [0.29, 0.717) is 11.6 Å². The van der Waals surface area contributed by atoms with Crippen LogP contribution in [0.4, 0.5) is 0 Å². The average molecular weight is 387 g/mol. The van der Waals surface area contributed by atoms with Crippen LogP contribution in [0, 0.1) is 0 Å². The molecule has 1 atom stereocenters. The van der Waals surface area contributed by atoms with Crippen molar-refractivity contribution in [2.24, 2.45) is 5.10 Å². The van der Waals surface area contributed by atoms with Crippen LogP contribution in [-0.2, 0) is 11.2 Å². The Morgan fingerprint density at radius 1 is 1.46 bits per heavy atom. The normalized spacial score (nSPS) is 16.9. The molecule has 3 aromatic rings. The highest BCUT2D eigenvalue weighted by Gasteiger charge is 2.35. The van der Waals surface area contributed by atoms with Crippen LogP contribution in [0.15, 0.2) is 50.6 Å². The van der Waals surface area contributed by atoms with Crippen LogP contribution in [0.3, 0.4) is 0 Å². The zero-order chi connectivity index (χ0) is 17.9. The van der Waals surface area contributed by atoms with E-state index in [0.717, 1.165) is 28.6 Å². The fourth-order valence-electron chi connectivity index (χ4n) is 2.73. The van der Waals surface area contributed by atoms with Crippen molar-refractivity contribution in [3.63, 3.8) is 0 Å². The highest BCUT2D eigenvalue weighted by atomic mass is 32.2. The van der Waals surface area contributed by atoms with Gasteiger partial charge in [0.15, 0.2) is 0 Å². The summed E-state index contributed by atoms with van der Waals surface area (Å²) in [5.74, 6) is 1.68. The summed E-state index contributed by atoms with van der Waals surface area (Å²) in [4.78, 5) is 18.2. The first-order valence-corrected chi connectivity index (χ1v) is 10.1. The molecule has 134 valence electrons. The van der Waals surface area contributed by atoms with Gasteiger partial charge in [-0.2, -0.15) is 5.10 Å². The van der Waals surface area contributed by atoms with Gasteiger partial charge in [0.1, 0.15) is 17.6 Å². The zero-order valence-corrected chi connectivity index (χ0v) is 15.7. The molecule has 0 aromatic carbocycles. The van der Waals surface area contributed by atoms with E-state index in [1.807, 2.05) is 36.6 Å². The summed E-state index contributed by atoms with van der Waals surface area (Å²) in [5.41, 5.74) is 0.908. The second-order valence-corrected chi connectivity index (χ2v) is 7.59. The Morgan fingerprint density at radius 2 is 2.38 bits per heavy atom. The third kappa shape index (κ3) is 3.45. The van der Waals surface area contributed by atoms with E-state index in [9.17, 15) is 4.79 Å². The Morgan fingerprint density at radius 3 is 3.08 bits per heavy atom. The number of hydrogen-bond acceptors (Lipinski definition) is 7. The molecule has 1 unspecified atom stereocenters. The SMILES string of the molecule is CCc1nc(SCC(=O)N2N=C(c3cccs3)CC2c2ccco2)n[nH]1. The van der Waals surface area contributed by atoms with Gasteiger partial charge in [-0.05, 0) is 23.6 Å². The molecule has 26 heavy (non-hydrogen) atoms. The van der Waals surface area contributed by atoms with Gasteiger partial charge in [0.25, 0.3) is 5.91 Å². The smallest absolute Gasteiger partial charge is 0.253 e. The van der Waals surface area contributed by atoms with Crippen molar-refractivity contribution in [3.8, 4) is 0 Å². The lowest BCUT2D eigenvalue weighted by Gasteiger charge is -2.19. The summed E-state index contributed by atoms with van der Waals surface area (Å²) in [7, 11) is 0. The van der Waals surface area contributed by atoms with E-state index < -0.39 is 0 Å². The van der Waals surface area contributed by atoms with Crippen LogP contribution in [0.5, 0.6) is 0 Å². The van der Waals surface area contributed by atoms with Gasteiger partial charge in [-0.1, -0.05) is 24.8 Å². The summed E-state index contributed by atoms with van der Waals surface area (Å²) in [6, 6.07) is 7.50. The quantitative estimate of drug-likeness (QED) is 0.654. The Bertz CT molecular complexity index is 902. The molecule has 1 N–H and O–H groups in total. The van der Waals surface area contributed by atoms with Crippen molar-refractivity contribution in [1.29, 1.82) is 0 Å². The number of H-pyrrole nitrogens is 1. The molecule has 1 aliphatic heterocycles. The Balaban J connectivity index is 1.51. The monoisotopic (exact) mass is 387 g/mol. The van der Waals surface area contributed by atoms with E-state index in [2.05, 4.69) is 20.3 Å². The van der Waals surface area contributed by atoms with Gasteiger partial charge in [-0.25, -0.2) is 9.99 Å². The van der Waals surface area contributed by atoms with Gasteiger partial charge in [0.05, 0.1) is 22.6 Å². The van der Waals surface area contributed by atoms with Crippen LogP contribution in [-0.4, -0.2) is 37.6 Å². The van der Waals surface area contributed by atoms with Crippen molar-refractivity contribution in [1.82, 2.24) is 20.2 Å². The topological polar surface area (TPSA) is 87.4 Å². The first kappa shape index (κ1) is 17.0. The molecular weight excluding hydrogens is 370 g/mol. The molecular formula is C17H17N5O2S2. The molecule has 3 aromatic heterocycles. The fourth-order valence-corrected chi connectivity index (χ4v) is 4.12. The number of amides is 1. The van der Waals surface area contributed by atoms with Gasteiger partial charge in [0.2, 0.25) is 5.16 Å². The van der Waals surface area contributed by atoms with Crippen LogP contribution < -0.4 is 0 Å². The number of thioether (sulfide) groups is 1. The lowest BCUT2D eigenvalue weighted by Crippen LogP contribution is -2.28. The first-order valence-electron chi connectivity index (χ1n) is 8.25. The minimum absolute atomic E-state index is 0.0918. The number of nitrogens with one attached hydrogen (secondary N) is 1. The molecule has 7 nitrogen and oxygen atoms in total. The number of aryl methyl sites for hydroxylation is 1. The first-order chi connectivity index (χ1) is 12.7. The van der Waals surface area contributed by atoms with Gasteiger partial charge >= 0.3 is 0 Å². The molecule has 4 rings (SSSR count). The van der Waals surface area contributed by atoms with Crippen molar-refractivity contribution in [2.75, 3.05) is 5.75 Å². The minimum atomic E-state index is -0.214. The summed E-state index contributed by atoms with van der Waals surface area (Å²) in [5, 5.41) is 15.7. The molecule has 1 aliphatic rings. The molecule has 0 spiro atoms. The van der Waals surface area contributed by atoms with E-state index in [4.69, 9.17) is 4.42 Å². The van der Waals surface area contributed by atoms with Gasteiger partial charge in [-0.15, -0.1) is 16.4 Å². The molecule has 0 saturated heterocycles. The van der Waals surface area contributed by atoms with E-state index in [-0.39, 0.29) is 17.7 Å². The standard InChI is InChI=1S/C17H17N5O2S2/c1-2-15-18-17(20-19-15)26-10-16(23)22-12(13-5-3-7-24-13)9-11(21-22)14-6-4-8-25-14/h3-8,12H,2,9-10H2,1H3,(H,18,19,20). The molecule has 1 amide bonds. The molecule has 9 heteroatoms. The van der Waals surface area contributed by atoms with Crippen LogP contribution in [0.25, 0.3) is 0 Å². The predicted molar refractivity (Wildman–Crippen MR) is 100 cm³/mol. The number of rotatable bonds is 6. The fraction of sp³-hybridized carbons (Fsp3) is 0.294. The van der Waals surface area contributed by atoms with Gasteiger partial charge in [-0.3, -0.25) is 9.89 Å². The molecule has 0 saturated carbocycles. The molecule has 4 heterocycles. The number of nitrogens with zero attached hydrogens (tertiary/aromatic N) is 4.